The minimum absolute atomic E-state index is 0.0939. The van der Waals surface area contributed by atoms with Gasteiger partial charge >= 0.3 is 0 Å². The molecule has 0 saturated carbocycles. The van der Waals surface area contributed by atoms with Crippen LogP contribution in [-0.4, -0.2) is 47.5 Å². The molecule has 0 spiro atoms. The smallest absolute Gasteiger partial charge is 0.252 e. The second kappa shape index (κ2) is 9.44. The fraction of sp³-hybridized carbons (Fsp3) is 0.455. The number of rotatable bonds is 7. The minimum atomic E-state index is -0.579. The first-order valence-electron chi connectivity index (χ1n) is 10.1. The molecule has 0 bridgehead atoms. The summed E-state index contributed by atoms with van der Waals surface area (Å²) in [7, 11) is 0. The molecule has 30 heavy (non-hydrogen) atoms. The van der Waals surface area contributed by atoms with Crippen molar-refractivity contribution in [3.05, 3.63) is 30.0 Å². The van der Waals surface area contributed by atoms with Gasteiger partial charge in [0.05, 0.1) is 29.9 Å². The Bertz CT molecular complexity index is 983. The van der Waals surface area contributed by atoms with E-state index in [-0.39, 0.29) is 29.9 Å². The Hall–Kier alpha value is -3.34. The second-order valence-corrected chi connectivity index (χ2v) is 7.70. The zero-order valence-electron chi connectivity index (χ0n) is 17.3. The van der Waals surface area contributed by atoms with Crippen LogP contribution >= 0.6 is 0 Å². The zero-order chi connectivity index (χ0) is 21.7. The van der Waals surface area contributed by atoms with Crippen LogP contribution in [0.15, 0.2) is 24.4 Å². The minimum Gasteiger partial charge on any atom is -0.492 e. The molecule has 2 heterocycles. The number of piperidine rings is 1. The number of nitrogens with two attached hydrogens (primary N) is 1. The van der Waals surface area contributed by atoms with Crippen molar-refractivity contribution in [2.24, 2.45) is 11.7 Å². The highest BCUT2D eigenvalue weighted by Gasteiger charge is 2.24. The van der Waals surface area contributed by atoms with Crippen LogP contribution < -0.4 is 15.2 Å². The number of nitrogens with zero attached hydrogens (tertiary/aromatic N) is 3. The number of ether oxygens (including phenoxy) is 2. The topological polar surface area (TPSA) is 119 Å². The Morgan fingerprint density at radius 1 is 1.37 bits per heavy atom. The van der Waals surface area contributed by atoms with E-state index in [0.29, 0.717) is 36.7 Å². The van der Waals surface area contributed by atoms with E-state index in [2.05, 4.69) is 4.98 Å². The maximum Gasteiger partial charge on any atom is 0.252 e. The summed E-state index contributed by atoms with van der Waals surface area (Å²) in [4.78, 5) is 29.9. The monoisotopic (exact) mass is 410 g/mol. The molecule has 1 unspecified atom stereocenters. The largest absolute Gasteiger partial charge is 0.492 e. The molecule has 1 fully saturated rings. The maximum atomic E-state index is 12.0. The first-order valence-corrected chi connectivity index (χ1v) is 10.1. The molecule has 1 aliphatic heterocycles. The van der Waals surface area contributed by atoms with Gasteiger partial charge in [-0.1, -0.05) is 0 Å². The molecule has 0 aliphatic carbocycles. The Kier molecular flexibility index (Phi) is 6.72. The Labute approximate surface area is 175 Å². The highest BCUT2D eigenvalue weighted by Crippen LogP contribution is 2.32. The van der Waals surface area contributed by atoms with Gasteiger partial charge in [-0.2, -0.15) is 5.26 Å². The van der Waals surface area contributed by atoms with E-state index >= 15 is 0 Å². The van der Waals surface area contributed by atoms with Crippen LogP contribution in [0.3, 0.4) is 0 Å². The van der Waals surface area contributed by atoms with Crippen molar-refractivity contribution in [3.63, 3.8) is 0 Å². The highest BCUT2D eigenvalue weighted by molar-refractivity contribution is 6.01. The lowest BCUT2D eigenvalue weighted by molar-refractivity contribution is -0.132. The van der Waals surface area contributed by atoms with Gasteiger partial charge in [-0.25, -0.2) is 0 Å². The van der Waals surface area contributed by atoms with E-state index in [0.717, 1.165) is 18.2 Å². The summed E-state index contributed by atoms with van der Waals surface area (Å²) in [5.41, 5.74) is 6.37. The molecule has 1 atom stereocenters. The molecular formula is C22H26N4O4. The van der Waals surface area contributed by atoms with Gasteiger partial charge in [0.15, 0.2) is 0 Å². The SMILES string of the molecule is CC(C)Oc1cc2c(OCC3CCCN(C(=O)CC#N)C3)ccnc2cc1C(N)=O. The molecule has 8 heteroatoms. The number of nitriles is 1. The number of amides is 2. The van der Waals surface area contributed by atoms with E-state index in [4.69, 9.17) is 20.5 Å². The van der Waals surface area contributed by atoms with Crippen LogP contribution in [0.25, 0.3) is 10.9 Å². The predicted octanol–water partition coefficient (Wildman–Crippen LogP) is 2.65. The van der Waals surface area contributed by atoms with Crippen molar-refractivity contribution in [1.29, 1.82) is 5.26 Å². The summed E-state index contributed by atoms with van der Waals surface area (Å²) in [6, 6.07) is 7.04. The van der Waals surface area contributed by atoms with Crippen molar-refractivity contribution in [2.75, 3.05) is 19.7 Å². The lowest BCUT2D eigenvalue weighted by Crippen LogP contribution is -2.41. The molecule has 2 aromatic rings. The summed E-state index contributed by atoms with van der Waals surface area (Å²) in [5, 5.41) is 9.48. The third-order valence-corrected chi connectivity index (χ3v) is 5.01. The number of likely N-dealkylation sites (tertiary alicyclic amines) is 1. The Morgan fingerprint density at radius 2 is 2.17 bits per heavy atom. The van der Waals surface area contributed by atoms with E-state index in [1.807, 2.05) is 19.9 Å². The summed E-state index contributed by atoms with van der Waals surface area (Å²) in [5.74, 6) is 0.496. The molecule has 1 saturated heterocycles. The van der Waals surface area contributed by atoms with Crippen LogP contribution in [0.2, 0.25) is 0 Å². The van der Waals surface area contributed by atoms with Crippen molar-refractivity contribution in [3.8, 4) is 17.6 Å². The van der Waals surface area contributed by atoms with Gasteiger partial charge in [0.1, 0.15) is 17.9 Å². The van der Waals surface area contributed by atoms with Crippen LogP contribution in [0, 0.1) is 17.2 Å². The molecule has 1 aromatic carbocycles. The first-order chi connectivity index (χ1) is 14.4. The molecule has 8 nitrogen and oxygen atoms in total. The van der Waals surface area contributed by atoms with Gasteiger partial charge in [0.2, 0.25) is 5.91 Å². The van der Waals surface area contributed by atoms with Crippen LogP contribution in [-0.2, 0) is 4.79 Å². The normalized spacial score (nSPS) is 16.3. The Morgan fingerprint density at radius 3 is 2.87 bits per heavy atom. The number of hydrogen-bond acceptors (Lipinski definition) is 6. The van der Waals surface area contributed by atoms with Gasteiger partial charge in [-0.15, -0.1) is 0 Å². The van der Waals surface area contributed by atoms with E-state index in [1.54, 1.807) is 29.3 Å². The van der Waals surface area contributed by atoms with Gasteiger partial charge in [-0.3, -0.25) is 14.6 Å². The van der Waals surface area contributed by atoms with E-state index < -0.39 is 5.91 Å². The van der Waals surface area contributed by atoms with Crippen molar-refractivity contribution >= 4 is 22.7 Å². The lowest BCUT2D eigenvalue weighted by Gasteiger charge is -2.32. The van der Waals surface area contributed by atoms with E-state index in [1.165, 1.54) is 0 Å². The Balaban J connectivity index is 1.80. The van der Waals surface area contributed by atoms with Crippen LogP contribution in [0.5, 0.6) is 11.5 Å². The van der Waals surface area contributed by atoms with Crippen LogP contribution in [0.1, 0.15) is 43.5 Å². The molecule has 1 aromatic heterocycles. The number of aromatic nitrogens is 1. The summed E-state index contributed by atoms with van der Waals surface area (Å²) >= 11 is 0. The van der Waals surface area contributed by atoms with Crippen molar-refractivity contribution in [2.45, 2.75) is 39.2 Å². The van der Waals surface area contributed by atoms with E-state index in [9.17, 15) is 9.59 Å². The number of benzene rings is 1. The third kappa shape index (κ3) is 4.98. The van der Waals surface area contributed by atoms with Gasteiger partial charge < -0.3 is 20.1 Å². The average Bonchev–Trinajstić information content (AvgIpc) is 2.71. The highest BCUT2D eigenvalue weighted by atomic mass is 16.5. The fourth-order valence-corrected chi connectivity index (χ4v) is 3.63. The molecule has 2 N–H and O–H groups in total. The predicted molar refractivity (Wildman–Crippen MR) is 111 cm³/mol. The number of pyridine rings is 1. The number of carbonyl (C=O) groups excluding carboxylic acids is 2. The van der Waals surface area contributed by atoms with Crippen molar-refractivity contribution in [1.82, 2.24) is 9.88 Å². The average molecular weight is 410 g/mol. The maximum absolute atomic E-state index is 12.0. The number of hydrogen-bond donors (Lipinski definition) is 1. The number of primary amides is 1. The number of carbonyl (C=O) groups is 2. The summed E-state index contributed by atoms with van der Waals surface area (Å²) in [6.07, 6.45) is 3.24. The molecule has 3 rings (SSSR count). The van der Waals surface area contributed by atoms with Gasteiger partial charge in [-0.05, 0) is 44.9 Å². The fourth-order valence-electron chi connectivity index (χ4n) is 3.63. The molecule has 0 radical (unpaired) electrons. The standard InChI is InChI=1S/C22H26N4O4/c1-14(2)30-20-11-16-18(10-17(20)22(24)28)25-8-6-19(16)29-13-15-4-3-9-26(12-15)21(27)5-7-23/h6,8,10-11,14-15H,3-5,9,12-13H2,1-2H3,(H2,24,28). The molecule has 1 aliphatic rings. The summed E-state index contributed by atoms with van der Waals surface area (Å²) < 4.78 is 11.9. The van der Waals surface area contributed by atoms with Crippen LogP contribution in [0.4, 0.5) is 0 Å². The number of fused-ring (bicyclic) bond motifs is 1. The quantitative estimate of drug-likeness (QED) is 0.749. The third-order valence-electron chi connectivity index (χ3n) is 5.01. The first kappa shape index (κ1) is 21.4. The molecule has 158 valence electrons. The molecular weight excluding hydrogens is 384 g/mol. The second-order valence-electron chi connectivity index (χ2n) is 7.70. The lowest BCUT2D eigenvalue weighted by atomic mass is 9.98. The zero-order valence-corrected chi connectivity index (χ0v) is 17.3. The van der Waals surface area contributed by atoms with Crippen molar-refractivity contribution < 1.29 is 19.1 Å². The van der Waals surface area contributed by atoms with Gasteiger partial charge in [0, 0.05) is 30.6 Å². The van der Waals surface area contributed by atoms with Gasteiger partial charge in [0.25, 0.3) is 5.91 Å². The molecule has 2 amide bonds. The summed E-state index contributed by atoms with van der Waals surface area (Å²) in [6.45, 7) is 5.45.